The highest BCUT2D eigenvalue weighted by Crippen LogP contribution is 2.14. The van der Waals surface area contributed by atoms with E-state index in [0.717, 1.165) is 16.9 Å². The highest BCUT2D eigenvalue weighted by Gasteiger charge is 2.11. The highest BCUT2D eigenvalue weighted by atomic mass is 16.5. The third-order valence-electron chi connectivity index (χ3n) is 4.17. The van der Waals surface area contributed by atoms with Gasteiger partial charge in [-0.2, -0.15) is 0 Å². The Morgan fingerprint density at radius 1 is 1.32 bits per heavy atom. The maximum Gasteiger partial charge on any atom is 0.240 e. The van der Waals surface area contributed by atoms with Crippen molar-refractivity contribution in [3.05, 3.63) is 58.3 Å². The number of carbonyl (C=O) groups excluding carboxylic acids is 1. The molecule has 7 heteroatoms. The quantitative estimate of drug-likeness (QED) is 0.761. The number of pyridine rings is 1. The van der Waals surface area contributed by atoms with Crippen LogP contribution in [-0.2, 0) is 24.9 Å². The number of imidazole rings is 1. The molecule has 7 nitrogen and oxygen atoms in total. The summed E-state index contributed by atoms with van der Waals surface area (Å²) in [7, 11) is 3.36. The maximum atomic E-state index is 12.3. The molecule has 2 heterocycles. The number of fused-ring (bicyclic) bond motifs is 1. The lowest BCUT2D eigenvalue weighted by Crippen LogP contribution is -2.29. The molecule has 0 aliphatic rings. The summed E-state index contributed by atoms with van der Waals surface area (Å²) in [4.78, 5) is 28.5. The standard InChI is InChI=1S/C18H20N4O3/c1-12-8-15(23)16(25-3)10-22(12)11-18(24)19-9-17-20-13-6-4-5-7-14(13)21(17)2/h4-8,10H,9,11H2,1-3H3,(H,19,24). The summed E-state index contributed by atoms with van der Waals surface area (Å²) in [6.45, 7) is 2.21. The van der Waals surface area contributed by atoms with Gasteiger partial charge in [-0.25, -0.2) is 4.98 Å². The summed E-state index contributed by atoms with van der Waals surface area (Å²) in [5, 5.41) is 2.87. The number of hydrogen-bond donors (Lipinski definition) is 1. The highest BCUT2D eigenvalue weighted by molar-refractivity contribution is 5.77. The van der Waals surface area contributed by atoms with Crippen LogP contribution in [0.15, 0.2) is 41.3 Å². The Balaban J connectivity index is 1.71. The zero-order valence-corrected chi connectivity index (χ0v) is 14.4. The number of nitrogens with one attached hydrogen (secondary N) is 1. The first kappa shape index (κ1) is 16.8. The third-order valence-corrected chi connectivity index (χ3v) is 4.17. The minimum Gasteiger partial charge on any atom is -0.491 e. The molecule has 0 atom stereocenters. The van der Waals surface area contributed by atoms with Crippen molar-refractivity contribution >= 4 is 16.9 Å². The van der Waals surface area contributed by atoms with Gasteiger partial charge in [0.2, 0.25) is 11.3 Å². The van der Waals surface area contributed by atoms with E-state index < -0.39 is 0 Å². The molecule has 0 bridgehead atoms. The van der Waals surface area contributed by atoms with Crippen LogP contribution in [0.5, 0.6) is 5.75 Å². The second-order valence-electron chi connectivity index (χ2n) is 5.83. The van der Waals surface area contributed by atoms with E-state index in [1.807, 2.05) is 35.9 Å². The van der Waals surface area contributed by atoms with E-state index in [2.05, 4.69) is 10.3 Å². The predicted octanol–water partition coefficient (Wildman–Crippen LogP) is 1.37. The van der Waals surface area contributed by atoms with Crippen LogP contribution in [0, 0.1) is 6.92 Å². The van der Waals surface area contributed by atoms with Crippen LogP contribution >= 0.6 is 0 Å². The van der Waals surface area contributed by atoms with E-state index in [9.17, 15) is 9.59 Å². The summed E-state index contributed by atoms with van der Waals surface area (Å²) in [6.07, 6.45) is 1.55. The average molecular weight is 340 g/mol. The van der Waals surface area contributed by atoms with Gasteiger partial charge in [-0.15, -0.1) is 0 Å². The number of para-hydroxylation sites is 2. The van der Waals surface area contributed by atoms with Gasteiger partial charge in [-0.3, -0.25) is 9.59 Å². The third kappa shape index (κ3) is 3.40. The van der Waals surface area contributed by atoms with E-state index in [0.29, 0.717) is 12.2 Å². The van der Waals surface area contributed by atoms with Gasteiger partial charge < -0.3 is 19.2 Å². The Morgan fingerprint density at radius 2 is 2.08 bits per heavy atom. The first-order valence-corrected chi connectivity index (χ1v) is 7.91. The van der Waals surface area contributed by atoms with E-state index in [1.165, 1.54) is 13.2 Å². The molecule has 3 aromatic rings. The molecule has 1 N–H and O–H groups in total. The summed E-state index contributed by atoms with van der Waals surface area (Å²) in [5.74, 6) is 0.832. The lowest BCUT2D eigenvalue weighted by molar-refractivity contribution is -0.121. The smallest absolute Gasteiger partial charge is 0.240 e. The minimum absolute atomic E-state index is 0.104. The van der Waals surface area contributed by atoms with Gasteiger partial charge in [0.1, 0.15) is 12.4 Å². The molecule has 0 spiro atoms. The van der Waals surface area contributed by atoms with Crippen LogP contribution in [0.1, 0.15) is 11.5 Å². The number of aromatic nitrogens is 3. The van der Waals surface area contributed by atoms with Crippen LogP contribution in [0.2, 0.25) is 0 Å². The Labute approximate surface area is 144 Å². The number of rotatable bonds is 5. The van der Waals surface area contributed by atoms with E-state index in [1.54, 1.807) is 17.7 Å². The molecule has 0 aliphatic heterocycles. The van der Waals surface area contributed by atoms with Crippen LogP contribution in [0.3, 0.4) is 0 Å². The molecule has 130 valence electrons. The number of benzene rings is 1. The number of carbonyl (C=O) groups is 1. The molecule has 0 fully saturated rings. The van der Waals surface area contributed by atoms with Gasteiger partial charge in [0.25, 0.3) is 0 Å². The first-order valence-electron chi connectivity index (χ1n) is 7.91. The number of hydrogen-bond acceptors (Lipinski definition) is 4. The first-order chi connectivity index (χ1) is 12.0. The lowest BCUT2D eigenvalue weighted by atomic mass is 10.3. The largest absolute Gasteiger partial charge is 0.491 e. The molecular weight excluding hydrogens is 320 g/mol. The Hall–Kier alpha value is -3.09. The fourth-order valence-corrected chi connectivity index (χ4v) is 2.72. The molecule has 0 radical (unpaired) electrons. The Kier molecular flexibility index (Phi) is 4.56. The van der Waals surface area contributed by atoms with Crippen LogP contribution in [0.25, 0.3) is 11.0 Å². The molecular formula is C18H20N4O3. The molecule has 0 saturated heterocycles. The minimum atomic E-state index is -0.198. The predicted molar refractivity (Wildman–Crippen MR) is 94.6 cm³/mol. The molecule has 1 aromatic carbocycles. The van der Waals surface area contributed by atoms with Crippen molar-refractivity contribution in [1.82, 2.24) is 19.4 Å². The van der Waals surface area contributed by atoms with E-state index in [4.69, 9.17) is 4.74 Å². The van der Waals surface area contributed by atoms with Gasteiger partial charge in [0, 0.05) is 18.8 Å². The molecule has 2 aromatic heterocycles. The monoisotopic (exact) mass is 340 g/mol. The lowest BCUT2D eigenvalue weighted by Gasteiger charge is -2.12. The maximum absolute atomic E-state index is 12.3. The molecule has 0 saturated carbocycles. The van der Waals surface area contributed by atoms with Crippen molar-refractivity contribution in [3.8, 4) is 5.75 Å². The van der Waals surface area contributed by atoms with Crippen molar-refractivity contribution in [2.24, 2.45) is 7.05 Å². The zero-order chi connectivity index (χ0) is 18.0. The summed E-state index contributed by atoms with van der Waals surface area (Å²) in [6, 6.07) is 9.28. The van der Waals surface area contributed by atoms with Crippen LogP contribution in [0.4, 0.5) is 0 Å². The van der Waals surface area contributed by atoms with Crippen LogP contribution < -0.4 is 15.5 Å². The fourth-order valence-electron chi connectivity index (χ4n) is 2.72. The number of amides is 1. The normalized spacial score (nSPS) is 10.8. The van der Waals surface area contributed by atoms with Gasteiger partial charge in [0.15, 0.2) is 5.75 Å². The summed E-state index contributed by atoms with van der Waals surface area (Å²) < 4.78 is 8.67. The Bertz CT molecular complexity index is 988. The van der Waals surface area contributed by atoms with Crippen molar-refractivity contribution in [1.29, 1.82) is 0 Å². The van der Waals surface area contributed by atoms with Gasteiger partial charge in [-0.05, 0) is 19.1 Å². The molecule has 0 unspecified atom stereocenters. The zero-order valence-electron chi connectivity index (χ0n) is 14.4. The van der Waals surface area contributed by atoms with Crippen molar-refractivity contribution in [2.45, 2.75) is 20.0 Å². The van der Waals surface area contributed by atoms with Crippen molar-refractivity contribution in [2.75, 3.05) is 7.11 Å². The topological polar surface area (TPSA) is 78.2 Å². The molecule has 1 amide bonds. The SMILES string of the molecule is COc1cn(CC(=O)NCc2nc3ccccc3n2C)c(C)cc1=O. The fraction of sp³-hybridized carbons (Fsp3) is 0.278. The van der Waals surface area contributed by atoms with E-state index in [-0.39, 0.29) is 23.6 Å². The summed E-state index contributed by atoms with van der Waals surface area (Å²) in [5.41, 5.74) is 2.42. The number of ether oxygens (including phenoxy) is 1. The van der Waals surface area contributed by atoms with Gasteiger partial charge in [-0.1, -0.05) is 12.1 Å². The molecule has 25 heavy (non-hydrogen) atoms. The number of aryl methyl sites for hydroxylation is 2. The van der Waals surface area contributed by atoms with Crippen LogP contribution in [-0.4, -0.2) is 27.1 Å². The average Bonchev–Trinajstić information content (AvgIpc) is 2.92. The van der Waals surface area contributed by atoms with Crippen molar-refractivity contribution in [3.63, 3.8) is 0 Å². The second kappa shape index (κ2) is 6.80. The molecule has 0 aliphatic carbocycles. The van der Waals surface area contributed by atoms with Gasteiger partial charge in [0.05, 0.1) is 30.9 Å². The summed E-state index contributed by atoms with van der Waals surface area (Å²) >= 11 is 0. The number of methoxy groups -OCH3 is 1. The number of nitrogens with zero attached hydrogens (tertiary/aromatic N) is 3. The Morgan fingerprint density at radius 3 is 2.80 bits per heavy atom. The molecule has 3 rings (SSSR count). The van der Waals surface area contributed by atoms with Gasteiger partial charge >= 0.3 is 0 Å². The van der Waals surface area contributed by atoms with E-state index >= 15 is 0 Å². The second-order valence-corrected chi connectivity index (χ2v) is 5.83. The van der Waals surface area contributed by atoms with Crippen molar-refractivity contribution < 1.29 is 9.53 Å².